The number of nitro groups is 1. The first-order valence-electron chi connectivity index (χ1n) is 10.5. The van der Waals surface area contributed by atoms with E-state index in [1.54, 1.807) is 48.5 Å². The van der Waals surface area contributed by atoms with E-state index in [2.05, 4.69) is 27.6 Å². The van der Waals surface area contributed by atoms with Crippen molar-refractivity contribution in [2.45, 2.75) is 13.5 Å². The summed E-state index contributed by atoms with van der Waals surface area (Å²) in [6.45, 7) is 2.35. The van der Waals surface area contributed by atoms with Crippen molar-refractivity contribution < 1.29 is 23.9 Å². The molecule has 0 N–H and O–H groups in total. The zero-order valence-corrected chi connectivity index (χ0v) is 21.3. The molecule has 1 heterocycles. The number of non-ortho nitro benzene ring substituents is 1. The van der Waals surface area contributed by atoms with Gasteiger partial charge in [-0.25, -0.2) is 9.79 Å². The molecular weight excluding hydrogens is 587 g/mol. The summed E-state index contributed by atoms with van der Waals surface area (Å²) >= 11 is 8.30. The van der Waals surface area contributed by atoms with Gasteiger partial charge < -0.3 is 14.2 Å². The predicted octanol–water partition coefficient (Wildman–Crippen LogP) is 6.18. The molecule has 0 unspecified atom stereocenters. The van der Waals surface area contributed by atoms with Gasteiger partial charge in [0, 0.05) is 12.1 Å². The molecule has 0 spiro atoms. The Labute approximate surface area is 219 Å². The number of hydrogen-bond donors (Lipinski definition) is 0. The number of nitrogens with zero attached hydrogens (tertiary/aromatic N) is 2. The van der Waals surface area contributed by atoms with Gasteiger partial charge in [-0.1, -0.05) is 35.9 Å². The van der Waals surface area contributed by atoms with Crippen LogP contribution in [0.4, 0.5) is 5.69 Å². The van der Waals surface area contributed by atoms with Crippen LogP contribution in [0.1, 0.15) is 23.6 Å². The van der Waals surface area contributed by atoms with Crippen LogP contribution in [0.5, 0.6) is 11.5 Å². The van der Waals surface area contributed by atoms with Gasteiger partial charge in [-0.2, -0.15) is 0 Å². The number of ether oxygens (including phenoxy) is 3. The average molecular weight is 605 g/mol. The Morgan fingerprint density at radius 3 is 2.69 bits per heavy atom. The summed E-state index contributed by atoms with van der Waals surface area (Å²) in [6.07, 6.45) is 1.60. The third-order valence-corrected chi connectivity index (χ3v) is 6.00. The first-order chi connectivity index (χ1) is 16.9. The number of rotatable bonds is 8. The van der Waals surface area contributed by atoms with Crippen LogP contribution in [0, 0.1) is 13.7 Å². The zero-order chi connectivity index (χ0) is 24.9. The smallest absolute Gasteiger partial charge is 0.363 e. The van der Waals surface area contributed by atoms with E-state index in [1.807, 2.05) is 13.0 Å². The molecule has 1 aliphatic rings. The number of nitro benzene ring substituents is 1. The van der Waals surface area contributed by atoms with Gasteiger partial charge in [-0.05, 0) is 71.0 Å². The van der Waals surface area contributed by atoms with E-state index in [0.29, 0.717) is 39.8 Å². The van der Waals surface area contributed by atoms with Crippen LogP contribution in [0.3, 0.4) is 0 Å². The Balaban J connectivity index is 1.61. The Kier molecular flexibility index (Phi) is 7.67. The SMILES string of the molecule is CCOc1cc(/C=C2\N=C(c3ccccc3Cl)OC2=O)cc(I)c1OCc1cccc([N+](=O)[O-])c1. The van der Waals surface area contributed by atoms with Crippen LogP contribution < -0.4 is 9.47 Å². The first kappa shape index (κ1) is 24.7. The highest BCUT2D eigenvalue weighted by molar-refractivity contribution is 14.1. The highest BCUT2D eigenvalue weighted by Crippen LogP contribution is 2.36. The summed E-state index contributed by atoms with van der Waals surface area (Å²) in [6, 6.07) is 16.8. The predicted molar refractivity (Wildman–Crippen MR) is 140 cm³/mol. The lowest BCUT2D eigenvalue weighted by Gasteiger charge is -2.15. The fourth-order valence-corrected chi connectivity index (χ4v) is 4.30. The van der Waals surface area contributed by atoms with E-state index >= 15 is 0 Å². The summed E-state index contributed by atoms with van der Waals surface area (Å²) in [7, 11) is 0. The largest absolute Gasteiger partial charge is 0.490 e. The fourth-order valence-electron chi connectivity index (χ4n) is 3.31. The van der Waals surface area contributed by atoms with Crippen molar-refractivity contribution in [3.63, 3.8) is 0 Å². The summed E-state index contributed by atoms with van der Waals surface area (Å²) in [5.74, 6) is 0.524. The van der Waals surface area contributed by atoms with Crippen LogP contribution in [0.25, 0.3) is 6.08 Å². The van der Waals surface area contributed by atoms with Gasteiger partial charge in [0.1, 0.15) is 6.61 Å². The quantitative estimate of drug-likeness (QED) is 0.100. The molecule has 0 saturated heterocycles. The van der Waals surface area contributed by atoms with E-state index in [0.717, 1.165) is 3.57 Å². The van der Waals surface area contributed by atoms with E-state index in [9.17, 15) is 14.9 Å². The minimum atomic E-state index is -0.584. The van der Waals surface area contributed by atoms with Gasteiger partial charge >= 0.3 is 5.97 Å². The second-order valence-electron chi connectivity index (χ2n) is 7.29. The average Bonchev–Trinajstić information content (AvgIpc) is 3.19. The second kappa shape index (κ2) is 10.9. The molecule has 35 heavy (non-hydrogen) atoms. The van der Waals surface area contributed by atoms with Crippen LogP contribution >= 0.6 is 34.2 Å². The van der Waals surface area contributed by atoms with Crippen LogP contribution in [0.15, 0.2) is 71.4 Å². The molecule has 3 aromatic rings. The zero-order valence-electron chi connectivity index (χ0n) is 18.4. The van der Waals surface area contributed by atoms with E-state index in [4.69, 9.17) is 25.8 Å². The maximum absolute atomic E-state index is 12.4. The molecule has 0 aliphatic carbocycles. The van der Waals surface area contributed by atoms with Crippen molar-refractivity contribution in [1.29, 1.82) is 0 Å². The van der Waals surface area contributed by atoms with Crippen LogP contribution in [0.2, 0.25) is 5.02 Å². The number of halogens is 2. The van der Waals surface area contributed by atoms with Gasteiger partial charge in [0.2, 0.25) is 5.90 Å². The Morgan fingerprint density at radius 2 is 1.94 bits per heavy atom. The maximum atomic E-state index is 12.4. The number of benzene rings is 3. The molecule has 10 heteroatoms. The van der Waals surface area contributed by atoms with Gasteiger partial charge in [0.05, 0.1) is 25.7 Å². The lowest BCUT2D eigenvalue weighted by Crippen LogP contribution is -2.05. The van der Waals surface area contributed by atoms with E-state index in [-0.39, 0.29) is 23.9 Å². The summed E-state index contributed by atoms with van der Waals surface area (Å²) in [4.78, 5) is 27.3. The van der Waals surface area contributed by atoms with Crippen molar-refractivity contribution in [3.8, 4) is 11.5 Å². The number of hydrogen-bond acceptors (Lipinski definition) is 7. The molecule has 0 saturated carbocycles. The fraction of sp³-hybridized carbons (Fsp3) is 0.120. The molecule has 0 radical (unpaired) electrons. The van der Waals surface area contributed by atoms with E-state index < -0.39 is 10.9 Å². The van der Waals surface area contributed by atoms with Crippen molar-refractivity contribution in [3.05, 3.63) is 102 Å². The van der Waals surface area contributed by atoms with Crippen LogP contribution in [-0.4, -0.2) is 23.4 Å². The summed E-state index contributed by atoms with van der Waals surface area (Å²) in [5, 5.41) is 11.5. The maximum Gasteiger partial charge on any atom is 0.363 e. The highest BCUT2D eigenvalue weighted by atomic mass is 127. The molecule has 1 aliphatic heterocycles. The Bertz CT molecular complexity index is 1370. The molecule has 4 rings (SSSR count). The van der Waals surface area contributed by atoms with Crippen molar-refractivity contribution in [2.75, 3.05) is 6.61 Å². The minimum absolute atomic E-state index is 0.00651. The third-order valence-electron chi connectivity index (χ3n) is 4.86. The lowest BCUT2D eigenvalue weighted by molar-refractivity contribution is -0.384. The van der Waals surface area contributed by atoms with Crippen molar-refractivity contribution in [2.24, 2.45) is 4.99 Å². The van der Waals surface area contributed by atoms with Gasteiger partial charge in [0.25, 0.3) is 5.69 Å². The molecule has 8 nitrogen and oxygen atoms in total. The van der Waals surface area contributed by atoms with Crippen molar-refractivity contribution >= 4 is 57.8 Å². The van der Waals surface area contributed by atoms with Crippen molar-refractivity contribution in [1.82, 2.24) is 0 Å². The van der Waals surface area contributed by atoms with Crippen LogP contribution in [-0.2, 0) is 16.1 Å². The number of esters is 1. The second-order valence-corrected chi connectivity index (χ2v) is 8.86. The molecule has 0 bridgehead atoms. The minimum Gasteiger partial charge on any atom is -0.490 e. The Hall–Kier alpha value is -3.44. The summed E-state index contributed by atoms with van der Waals surface area (Å²) in [5.41, 5.74) is 1.97. The number of cyclic esters (lactones) is 1. The number of carbonyl (C=O) groups is 1. The number of carbonyl (C=O) groups excluding carboxylic acids is 1. The van der Waals surface area contributed by atoms with Gasteiger partial charge in [-0.3, -0.25) is 10.1 Å². The molecule has 0 aromatic heterocycles. The van der Waals surface area contributed by atoms with E-state index in [1.165, 1.54) is 12.1 Å². The normalized spacial score (nSPS) is 14.0. The first-order valence-corrected chi connectivity index (χ1v) is 11.9. The highest BCUT2D eigenvalue weighted by Gasteiger charge is 2.26. The molecule has 178 valence electrons. The Morgan fingerprint density at radius 1 is 1.14 bits per heavy atom. The molecule has 0 amide bonds. The standard InChI is InChI=1S/C25H18ClIN2O6/c1-2-33-22-13-16(12-21-25(30)35-24(28-21)18-8-3-4-9-19(18)26)11-20(27)23(22)34-14-15-6-5-7-17(10-15)29(31)32/h3-13H,2,14H2,1H3/b21-12-. The molecular formula is C25H18ClIN2O6. The lowest BCUT2D eigenvalue weighted by atomic mass is 10.1. The monoisotopic (exact) mass is 604 g/mol. The van der Waals surface area contributed by atoms with Gasteiger partial charge in [0.15, 0.2) is 17.2 Å². The number of aliphatic imine (C=N–C) groups is 1. The summed E-state index contributed by atoms with van der Waals surface area (Å²) < 4.78 is 17.8. The molecule has 0 fully saturated rings. The molecule has 0 atom stereocenters. The third kappa shape index (κ3) is 5.80. The molecule has 3 aromatic carbocycles. The van der Waals surface area contributed by atoms with Gasteiger partial charge in [-0.15, -0.1) is 0 Å². The topological polar surface area (TPSA) is 100 Å².